The number of rotatable bonds is 4. The molecule has 0 aliphatic heterocycles. The number of aromatic nitrogens is 3. The van der Waals surface area contributed by atoms with Crippen LogP contribution in [0.5, 0.6) is 0 Å². The third-order valence-corrected chi connectivity index (χ3v) is 4.83. The van der Waals surface area contributed by atoms with Crippen molar-refractivity contribution >= 4 is 33.0 Å². The minimum Gasteiger partial charge on any atom is -0.374 e. The van der Waals surface area contributed by atoms with E-state index in [9.17, 15) is 4.79 Å². The van der Waals surface area contributed by atoms with E-state index in [-0.39, 0.29) is 11.6 Å². The molecule has 2 aromatic heterocycles. The predicted molar refractivity (Wildman–Crippen MR) is 80.7 cm³/mol. The summed E-state index contributed by atoms with van der Waals surface area (Å²) in [6.45, 7) is 4.12. The van der Waals surface area contributed by atoms with Crippen LogP contribution in [0.25, 0.3) is 0 Å². The van der Waals surface area contributed by atoms with E-state index in [4.69, 9.17) is 0 Å². The van der Waals surface area contributed by atoms with Gasteiger partial charge >= 0.3 is 0 Å². The average Bonchev–Trinajstić information content (AvgIpc) is 2.88. The molecule has 2 rings (SSSR count). The molecule has 2 aromatic rings. The lowest BCUT2D eigenvalue weighted by atomic mass is 10.3. The van der Waals surface area contributed by atoms with Crippen molar-refractivity contribution in [2.45, 2.75) is 26.3 Å². The summed E-state index contributed by atoms with van der Waals surface area (Å²) in [7, 11) is 1.62. The molecule has 0 fully saturated rings. The molecule has 0 bridgehead atoms. The van der Waals surface area contributed by atoms with E-state index in [2.05, 4.69) is 38.3 Å². The Balaban J connectivity index is 2.21. The fourth-order valence-electron chi connectivity index (χ4n) is 1.59. The highest BCUT2D eigenvalue weighted by Crippen LogP contribution is 2.26. The molecule has 19 heavy (non-hydrogen) atoms. The van der Waals surface area contributed by atoms with E-state index in [0.717, 1.165) is 11.4 Å². The van der Waals surface area contributed by atoms with Gasteiger partial charge in [-0.15, -0.1) is 11.3 Å². The summed E-state index contributed by atoms with van der Waals surface area (Å²) in [6, 6.07) is 0.0375. The van der Waals surface area contributed by atoms with Crippen molar-refractivity contribution in [3.8, 4) is 0 Å². The first-order chi connectivity index (χ1) is 9.02. The second kappa shape index (κ2) is 5.83. The van der Waals surface area contributed by atoms with E-state index in [1.165, 1.54) is 9.56 Å². The average molecular weight is 343 g/mol. The highest BCUT2D eigenvalue weighted by atomic mass is 79.9. The first-order valence-corrected chi connectivity index (χ1v) is 7.56. The van der Waals surface area contributed by atoms with Gasteiger partial charge in [0.1, 0.15) is 9.48 Å². The summed E-state index contributed by atoms with van der Waals surface area (Å²) in [5.74, 6) is 0. The molecule has 1 atom stereocenters. The first-order valence-electron chi connectivity index (χ1n) is 5.95. The molecule has 0 aliphatic rings. The third-order valence-electron chi connectivity index (χ3n) is 2.74. The van der Waals surface area contributed by atoms with Crippen LogP contribution in [0, 0.1) is 0 Å². The van der Waals surface area contributed by atoms with Gasteiger partial charge in [-0.3, -0.25) is 4.79 Å². The van der Waals surface area contributed by atoms with Crippen molar-refractivity contribution in [2.75, 3.05) is 5.32 Å². The largest absolute Gasteiger partial charge is 0.374 e. The van der Waals surface area contributed by atoms with Gasteiger partial charge in [-0.2, -0.15) is 5.10 Å². The summed E-state index contributed by atoms with van der Waals surface area (Å²) in [5.41, 5.74) is 0.523. The Morgan fingerprint density at radius 2 is 2.26 bits per heavy atom. The zero-order chi connectivity index (χ0) is 14.0. The van der Waals surface area contributed by atoms with Crippen LogP contribution in [0.15, 0.2) is 21.7 Å². The number of anilines is 1. The van der Waals surface area contributed by atoms with Crippen LogP contribution in [0.1, 0.15) is 29.8 Å². The molecule has 0 saturated heterocycles. The number of halogens is 1. The molecule has 1 unspecified atom stereocenters. The molecule has 0 radical (unpaired) electrons. The van der Waals surface area contributed by atoms with Crippen molar-refractivity contribution in [3.05, 3.63) is 37.1 Å². The number of hydrogen-bond acceptors (Lipinski definition) is 5. The van der Waals surface area contributed by atoms with Crippen LogP contribution in [0.4, 0.5) is 5.69 Å². The van der Waals surface area contributed by atoms with Gasteiger partial charge in [0.15, 0.2) is 0 Å². The number of aryl methyl sites for hydroxylation is 2. The Kier molecular flexibility index (Phi) is 4.36. The molecule has 5 nitrogen and oxygen atoms in total. The standard InChI is InChI=1S/C12H15BrN4OS/c1-4-8-5-14-11(19-8)7(2)16-9-6-15-17(3)12(18)10(9)13/h5-7,16H,4H2,1-3H3. The third kappa shape index (κ3) is 3.03. The maximum absolute atomic E-state index is 11.8. The molecule has 2 heterocycles. The van der Waals surface area contributed by atoms with E-state index in [0.29, 0.717) is 10.2 Å². The Hall–Kier alpha value is -1.21. The molecule has 0 spiro atoms. The lowest BCUT2D eigenvalue weighted by Crippen LogP contribution is -2.22. The Morgan fingerprint density at radius 1 is 1.53 bits per heavy atom. The molecular weight excluding hydrogens is 328 g/mol. The topological polar surface area (TPSA) is 59.8 Å². The number of nitrogens with zero attached hydrogens (tertiary/aromatic N) is 3. The summed E-state index contributed by atoms with van der Waals surface area (Å²) >= 11 is 4.98. The SMILES string of the molecule is CCc1cnc(C(C)Nc2cnn(C)c(=O)c2Br)s1. The zero-order valence-electron chi connectivity index (χ0n) is 11.0. The fraction of sp³-hybridized carbons (Fsp3) is 0.417. The Morgan fingerprint density at radius 3 is 2.89 bits per heavy atom. The molecule has 0 aromatic carbocycles. The first kappa shape index (κ1) is 14.2. The normalized spacial score (nSPS) is 12.4. The summed E-state index contributed by atoms with van der Waals surface area (Å²) < 4.78 is 1.78. The number of nitrogens with one attached hydrogen (secondary N) is 1. The minimum absolute atomic E-state index is 0.0375. The van der Waals surface area contributed by atoms with Crippen LogP contribution in [-0.2, 0) is 13.5 Å². The van der Waals surface area contributed by atoms with Gasteiger partial charge in [-0.1, -0.05) is 6.92 Å². The molecule has 0 aliphatic carbocycles. The van der Waals surface area contributed by atoms with Gasteiger partial charge in [0, 0.05) is 18.1 Å². The summed E-state index contributed by atoms with van der Waals surface area (Å²) in [4.78, 5) is 17.4. The number of thiazole rings is 1. The minimum atomic E-state index is -0.161. The van der Waals surface area contributed by atoms with Crippen LogP contribution < -0.4 is 10.9 Å². The second-order valence-corrected chi connectivity index (χ2v) is 6.13. The van der Waals surface area contributed by atoms with Gasteiger partial charge in [-0.25, -0.2) is 9.67 Å². The maximum Gasteiger partial charge on any atom is 0.282 e. The van der Waals surface area contributed by atoms with Crippen molar-refractivity contribution in [1.82, 2.24) is 14.8 Å². The van der Waals surface area contributed by atoms with Gasteiger partial charge < -0.3 is 5.32 Å². The Labute approximate surface area is 123 Å². The number of hydrogen-bond donors (Lipinski definition) is 1. The van der Waals surface area contributed by atoms with E-state index in [1.54, 1.807) is 24.6 Å². The smallest absolute Gasteiger partial charge is 0.282 e. The van der Waals surface area contributed by atoms with Crippen molar-refractivity contribution in [3.63, 3.8) is 0 Å². The van der Waals surface area contributed by atoms with Gasteiger partial charge in [0.05, 0.1) is 17.9 Å². The van der Waals surface area contributed by atoms with E-state index in [1.807, 2.05) is 13.1 Å². The van der Waals surface area contributed by atoms with Crippen LogP contribution in [0.2, 0.25) is 0 Å². The van der Waals surface area contributed by atoms with Gasteiger partial charge in [0.25, 0.3) is 5.56 Å². The molecular formula is C12H15BrN4OS. The molecule has 7 heteroatoms. The van der Waals surface area contributed by atoms with Crippen molar-refractivity contribution in [2.24, 2.45) is 7.05 Å². The fourth-order valence-corrected chi connectivity index (χ4v) is 2.93. The summed E-state index contributed by atoms with van der Waals surface area (Å²) in [6.07, 6.45) is 4.52. The molecule has 0 saturated carbocycles. The quantitative estimate of drug-likeness (QED) is 0.927. The lowest BCUT2D eigenvalue weighted by molar-refractivity contribution is 0.701. The van der Waals surface area contributed by atoms with E-state index < -0.39 is 0 Å². The van der Waals surface area contributed by atoms with E-state index >= 15 is 0 Å². The molecule has 1 N–H and O–H groups in total. The monoisotopic (exact) mass is 342 g/mol. The predicted octanol–water partition coefficient (Wildman–Crippen LogP) is 2.73. The van der Waals surface area contributed by atoms with Crippen molar-refractivity contribution in [1.29, 1.82) is 0 Å². The van der Waals surface area contributed by atoms with Crippen molar-refractivity contribution < 1.29 is 0 Å². The summed E-state index contributed by atoms with van der Waals surface area (Å²) in [5, 5.41) is 8.26. The lowest BCUT2D eigenvalue weighted by Gasteiger charge is -2.13. The highest BCUT2D eigenvalue weighted by Gasteiger charge is 2.13. The zero-order valence-corrected chi connectivity index (χ0v) is 13.4. The van der Waals surface area contributed by atoms with Crippen LogP contribution in [-0.4, -0.2) is 14.8 Å². The van der Waals surface area contributed by atoms with Gasteiger partial charge in [0.2, 0.25) is 0 Å². The molecule has 0 amide bonds. The van der Waals surface area contributed by atoms with Crippen LogP contribution >= 0.6 is 27.3 Å². The molecule has 102 valence electrons. The Bertz CT molecular complexity index is 637. The van der Waals surface area contributed by atoms with Gasteiger partial charge in [-0.05, 0) is 29.3 Å². The van der Waals surface area contributed by atoms with Crippen LogP contribution in [0.3, 0.4) is 0 Å². The highest BCUT2D eigenvalue weighted by molar-refractivity contribution is 9.10. The maximum atomic E-state index is 11.8. The second-order valence-electron chi connectivity index (χ2n) is 4.19.